The number of aromatic nitrogens is 3. The second-order valence-corrected chi connectivity index (χ2v) is 6.81. The lowest BCUT2D eigenvalue weighted by Gasteiger charge is -2.16. The monoisotopic (exact) mass is 307 g/mol. The second kappa shape index (κ2) is 5.45. The molecule has 1 unspecified atom stereocenters. The summed E-state index contributed by atoms with van der Waals surface area (Å²) in [4.78, 5) is 4.32. The number of hydrogen-bond donors (Lipinski definition) is 3. The number of sulfonamides is 1. The maximum Gasteiger partial charge on any atom is 0.242 e. The second-order valence-electron chi connectivity index (χ2n) is 5.13. The van der Waals surface area contributed by atoms with Gasteiger partial charge < -0.3 is 5.32 Å². The normalized spacial score (nSPS) is 16.6. The van der Waals surface area contributed by atoms with Gasteiger partial charge in [0.1, 0.15) is 17.0 Å². The van der Waals surface area contributed by atoms with E-state index in [-0.39, 0.29) is 17.0 Å². The Bertz CT molecular complexity index is 710. The van der Waals surface area contributed by atoms with Gasteiger partial charge in [-0.15, -0.1) is 0 Å². The number of nitrogens with one attached hydrogen (secondary N) is 3. The zero-order valence-corrected chi connectivity index (χ0v) is 12.4. The molecule has 7 nitrogen and oxygen atoms in total. The maximum absolute atomic E-state index is 12.4. The van der Waals surface area contributed by atoms with Gasteiger partial charge in [0.2, 0.25) is 10.0 Å². The number of anilines is 1. The van der Waals surface area contributed by atoms with E-state index in [1.807, 2.05) is 6.92 Å². The molecule has 1 aromatic carbocycles. The van der Waals surface area contributed by atoms with Crippen LogP contribution in [0.5, 0.6) is 0 Å². The molecular formula is C13H17N5O2S. The molecule has 3 N–H and O–H groups in total. The zero-order valence-electron chi connectivity index (χ0n) is 11.6. The van der Waals surface area contributed by atoms with Crippen molar-refractivity contribution >= 4 is 15.7 Å². The predicted molar refractivity (Wildman–Crippen MR) is 78.2 cm³/mol. The van der Waals surface area contributed by atoms with Gasteiger partial charge in [0.25, 0.3) is 0 Å². The van der Waals surface area contributed by atoms with Crippen LogP contribution in [0.1, 0.15) is 31.6 Å². The van der Waals surface area contributed by atoms with Gasteiger partial charge in [0, 0.05) is 6.04 Å². The lowest BCUT2D eigenvalue weighted by Crippen LogP contribution is -2.26. The minimum absolute atomic E-state index is 0.0785. The van der Waals surface area contributed by atoms with Crippen molar-refractivity contribution in [3.8, 4) is 0 Å². The van der Waals surface area contributed by atoms with Gasteiger partial charge in [-0.1, -0.05) is 12.1 Å². The Morgan fingerprint density at radius 1 is 1.33 bits per heavy atom. The third-order valence-electron chi connectivity index (χ3n) is 3.29. The van der Waals surface area contributed by atoms with Crippen LogP contribution < -0.4 is 10.0 Å². The van der Waals surface area contributed by atoms with Crippen molar-refractivity contribution in [3.05, 3.63) is 36.4 Å². The summed E-state index contributed by atoms with van der Waals surface area (Å²) in [5.41, 5.74) is 0.551. The predicted octanol–water partition coefficient (Wildman–Crippen LogP) is 1.42. The molecule has 3 rings (SSSR count). The fourth-order valence-electron chi connectivity index (χ4n) is 2.03. The molecule has 0 radical (unpaired) electrons. The smallest absolute Gasteiger partial charge is 0.242 e. The molecule has 112 valence electrons. The number of H-pyrrole nitrogens is 1. The molecule has 1 aliphatic rings. The minimum Gasteiger partial charge on any atom is -0.374 e. The van der Waals surface area contributed by atoms with E-state index in [2.05, 4.69) is 25.2 Å². The molecule has 1 atom stereocenters. The molecule has 0 aliphatic heterocycles. The number of rotatable bonds is 6. The van der Waals surface area contributed by atoms with Crippen LogP contribution in [0, 0.1) is 0 Å². The molecule has 0 spiro atoms. The molecule has 0 amide bonds. The topological polar surface area (TPSA) is 99.8 Å². The first-order chi connectivity index (χ1) is 10.1. The molecule has 0 saturated heterocycles. The fraction of sp³-hybridized carbons (Fsp3) is 0.385. The summed E-state index contributed by atoms with van der Waals surface area (Å²) in [7, 11) is -3.50. The van der Waals surface area contributed by atoms with Gasteiger partial charge in [0.15, 0.2) is 0 Å². The lowest BCUT2D eigenvalue weighted by atomic mass is 10.2. The molecule has 1 fully saturated rings. The summed E-state index contributed by atoms with van der Waals surface area (Å²) in [5, 5.41) is 9.73. The molecule has 8 heteroatoms. The third-order valence-corrected chi connectivity index (χ3v) is 4.87. The number of benzene rings is 1. The molecule has 1 aromatic heterocycles. The first-order valence-corrected chi connectivity index (χ1v) is 8.28. The number of aromatic amines is 1. The van der Waals surface area contributed by atoms with Crippen molar-refractivity contribution in [2.75, 3.05) is 5.32 Å². The summed E-state index contributed by atoms with van der Waals surface area (Å²) in [6.45, 7) is 1.89. The van der Waals surface area contributed by atoms with Crippen LogP contribution in [0.25, 0.3) is 0 Å². The summed E-state index contributed by atoms with van der Waals surface area (Å²) in [6, 6.07) is 6.76. The fourth-order valence-corrected chi connectivity index (χ4v) is 3.51. The van der Waals surface area contributed by atoms with Crippen LogP contribution in [0.4, 0.5) is 5.69 Å². The largest absolute Gasteiger partial charge is 0.374 e. The number of hydrogen-bond acceptors (Lipinski definition) is 5. The summed E-state index contributed by atoms with van der Waals surface area (Å²) >= 11 is 0. The molecule has 2 aromatic rings. The van der Waals surface area contributed by atoms with Gasteiger partial charge in [-0.05, 0) is 31.9 Å². The standard InChI is InChI=1S/C13H17N5O2S/c1-9(13-14-8-15-17-13)16-11-4-2-3-5-12(11)21(19,20)18-10-6-7-10/h2-5,8-10,16,18H,6-7H2,1H3,(H,14,15,17). The highest BCUT2D eigenvalue weighted by molar-refractivity contribution is 7.89. The Hall–Kier alpha value is -1.93. The van der Waals surface area contributed by atoms with Crippen molar-refractivity contribution < 1.29 is 8.42 Å². The van der Waals surface area contributed by atoms with E-state index in [0.29, 0.717) is 11.5 Å². The average Bonchev–Trinajstić information content (AvgIpc) is 3.08. The quantitative estimate of drug-likeness (QED) is 0.749. The Balaban J connectivity index is 1.85. The number of para-hydroxylation sites is 1. The van der Waals surface area contributed by atoms with Crippen LogP contribution in [0.2, 0.25) is 0 Å². The first kappa shape index (κ1) is 14.0. The molecule has 21 heavy (non-hydrogen) atoms. The van der Waals surface area contributed by atoms with Crippen molar-refractivity contribution in [1.82, 2.24) is 19.9 Å². The van der Waals surface area contributed by atoms with E-state index >= 15 is 0 Å². The van der Waals surface area contributed by atoms with Crippen LogP contribution in [0.3, 0.4) is 0 Å². The van der Waals surface area contributed by atoms with Crippen LogP contribution in [-0.2, 0) is 10.0 Å². The maximum atomic E-state index is 12.4. The van der Waals surface area contributed by atoms with Gasteiger partial charge in [-0.25, -0.2) is 18.1 Å². The van der Waals surface area contributed by atoms with Gasteiger partial charge >= 0.3 is 0 Å². The summed E-state index contributed by atoms with van der Waals surface area (Å²) in [6.07, 6.45) is 3.23. The van der Waals surface area contributed by atoms with Crippen LogP contribution in [0.15, 0.2) is 35.5 Å². The molecule has 0 bridgehead atoms. The van der Waals surface area contributed by atoms with Crippen LogP contribution in [-0.4, -0.2) is 29.6 Å². The first-order valence-electron chi connectivity index (χ1n) is 6.79. The van der Waals surface area contributed by atoms with E-state index in [4.69, 9.17) is 0 Å². The van der Waals surface area contributed by atoms with Gasteiger partial charge in [-0.3, -0.25) is 5.10 Å². The Kier molecular flexibility index (Phi) is 3.64. The molecule has 1 heterocycles. The van der Waals surface area contributed by atoms with Gasteiger partial charge in [-0.2, -0.15) is 5.10 Å². The van der Waals surface area contributed by atoms with Crippen molar-refractivity contribution in [3.63, 3.8) is 0 Å². The van der Waals surface area contributed by atoms with E-state index in [1.165, 1.54) is 6.33 Å². The lowest BCUT2D eigenvalue weighted by molar-refractivity contribution is 0.581. The van der Waals surface area contributed by atoms with Gasteiger partial charge in [0.05, 0.1) is 11.7 Å². The summed E-state index contributed by atoms with van der Waals surface area (Å²) in [5.74, 6) is 0.650. The highest BCUT2D eigenvalue weighted by Crippen LogP contribution is 2.27. The van der Waals surface area contributed by atoms with Crippen molar-refractivity contribution in [2.24, 2.45) is 0 Å². The Morgan fingerprint density at radius 3 is 2.76 bits per heavy atom. The SMILES string of the molecule is CC(Nc1ccccc1S(=O)(=O)NC1CC1)c1ncn[nH]1. The van der Waals surface area contributed by atoms with E-state index in [0.717, 1.165) is 12.8 Å². The Morgan fingerprint density at radius 2 is 2.10 bits per heavy atom. The third kappa shape index (κ3) is 3.22. The van der Waals surface area contributed by atoms with E-state index < -0.39 is 10.0 Å². The highest BCUT2D eigenvalue weighted by atomic mass is 32.2. The number of nitrogens with zero attached hydrogens (tertiary/aromatic N) is 2. The minimum atomic E-state index is -3.50. The molecular weight excluding hydrogens is 290 g/mol. The zero-order chi connectivity index (χ0) is 14.9. The molecule has 1 aliphatic carbocycles. The average molecular weight is 307 g/mol. The summed E-state index contributed by atoms with van der Waals surface area (Å²) < 4.78 is 27.5. The van der Waals surface area contributed by atoms with Crippen molar-refractivity contribution in [1.29, 1.82) is 0 Å². The van der Waals surface area contributed by atoms with E-state index in [9.17, 15) is 8.42 Å². The van der Waals surface area contributed by atoms with Crippen molar-refractivity contribution in [2.45, 2.75) is 36.7 Å². The van der Waals surface area contributed by atoms with E-state index in [1.54, 1.807) is 24.3 Å². The van der Waals surface area contributed by atoms with Crippen LogP contribution >= 0.6 is 0 Å². The molecule has 1 saturated carbocycles. The Labute approximate surface area is 123 Å². The highest BCUT2D eigenvalue weighted by Gasteiger charge is 2.29.